The van der Waals surface area contributed by atoms with Gasteiger partial charge in [0, 0.05) is 10.6 Å². The van der Waals surface area contributed by atoms with Crippen molar-refractivity contribution in [1.82, 2.24) is 0 Å². The Hall–Kier alpha value is -1.75. The standard InChI is InChI=1S/C17H16O2P2/c1-13-16(17(18)19-2)21(15-11-7-4-8-12-15)20(13)14-9-5-3-6-10-14/h3-12H,1-2H3. The summed E-state index contributed by atoms with van der Waals surface area (Å²) in [6.07, 6.45) is 0. The van der Waals surface area contributed by atoms with E-state index in [0.29, 0.717) is 0 Å². The third kappa shape index (κ3) is 2.46. The Balaban J connectivity index is 2.21. The number of esters is 1. The van der Waals surface area contributed by atoms with Crippen molar-refractivity contribution >= 4 is 20.4 Å². The van der Waals surface area contributed by atoms with E-state index in [1.54, 1.807) is 0 Å². The summed E-state index contributed by atoms with van der Waals surface area (Å²) in [7, 11) is 0.424. The molecule has 0 aliphatic carbocycles. The largest absolute Gasteiger partial charge is 0.465 e. The first-order valence-electron chi connectivity index (χ1n) is 6.73. The third-order valence-electron chi connectivity index (χ3n) is 3.45. The first-order valence-corrected chi connectivity index (χ1v) is 10.1. The van der Waals surface area contributed by atoms with Gasteiger partial charge in [-0.2, -0.15) is 0 Å². The highest BCUT2D eigenvalue weighted by Gasteiger charge is 2.27. The molecule has 3 rings (SSSR count). The molecule has 2 unspecified atom stereocenters. The summed E-state index contributed by atoms with van der Waals surface area (Å²) in [6.45, 7) is 2.08. The molecule has 1 heterocycles. The van der Waals surface area contributed by atoms with Crippen molar-refractivity contribution in [3.8, 4) is 10.6 Å². The van der Waals surface area contributed by atoms with Gasteiger partial charge in [0.25, 0.3) is 0 Å². The maximum Gasteiger partial charge on any atom is 0.343 e. The number of benzene rings is 2. The SMILES string of the molecule is COC(=O)c1c(C)p(-c2ccccc2)p1-c1ccccc1. The van der Waals surface area contributed by atoms with E-state index in [-0.39, 0.29) is 5.97 Å². The first-order chi connectivity index (χ1) is 10.2. The molecule has 0 N–H and O–H groups in total. The second-order valence-electron chi connectivity index (χ2n) is 4.72. The molecule has 2 atom stereocenters. The predicted molar refractivity (Wildman–Crippen MR) is 90.6 cm³/mol. The fourth-order valence-corrected chi connectivity index (χ4v) is 10.5. The number of carbonyl (C=O) groups is 1. The van der Waals surface area contributed by atoms with Gasteiger partial charge in [0.1, 0.15) is 0 Å². The zero-order chi connectivity index (χ0) is 14.8. The molecule has 21 heavy (non-hydrogen) atoms. The quantitative estimate of drug-likeness (QED) is 0.577. The van der Waals surface area contributed by atoms with Crippen LogP contribution in [0.15, 0.2) is 60.7 Å². The average molecular weight is 314 g/mol. The molecule has 0 saturated heterocycles. The molecule has 1 aromatic heterocycles. The fourth-order valence-electron chi connectivity index (χ4n) is 2.48. The van der Waals surface area contributed by atoms with Gasteiger partial charge in [0.05, 0.1) is 12.4 Å². The van der Waals surface area contributed by atoms with Crippen molar-refractivity contribution < 1.29 is 9.53 Å². The Morgan fingerprint density at radius 1 is 0.857 bits per heavy atom. The number of hydrogen-bond acceptors (Lipinski definition) is 2. The Bertz CT molecular complexity index is 755. The molecule has 2 nitrogen and oxygen atoms in total. The third-order valence-corrected chi connectivity index (χ3v) is 11.5. The molecular weight excluding hydrogens is 298 g/mol. The Morgan fingerprint density at radius 2 is 1.33 bits per heavy atom. The van der Waals surface area contributed by atoms with Crippen LogP contribution in [0.25, 0.3) is 10.6 Å². The lowest BCUT2D eigenvalue weighted by molar-refractivity contribution is 0.0605. The number of carbonyl (C=O) groups excluding carboxylic acids is 1. The topological polar surface area (TPSA) is 26.3 Å². The molecule has 0 aliphatic rings. The van der Waals surface area contributed by atoms with Gasteiger partial charge in [-0.05, 0) is 12.2 Å². The number of methoxy groups -OCH3 is 1. The fraction of sp³-hybridized carbons (Fsp3) is 0.118. The molecule has 0 amide bonds. The molecule has 0 bridgehead atoms. The minimum absolute atomic E-state index is 0.169. The summed E-state index contributed by atoms with van der Waals surface area (Å²) >= 11 is 0. The zero-order valence-corrected chi connectivity index (χ0v) is 13.8. The summed E-state index contributed by atoms with van der Waals surface area (Å²) in [5.41, 5.74) is 0. The van der Waals surface area contributed by atoms with Crippen molar-refractivity contribution in [1.29, 1.82) is 0 Å². The smallest absolute Gasteiger partial charge is 0.343 e. The summed E-state index contributed by atoms with van der Waals surface area (Å²) in [5.74, 6) is -0.169. The van der Waals surface area contributed by atoms with Crippen molar-refractivity contribution in [2.75, 3.05) is 7.11 Å². The predicted octanol–water partition coefficient (Wildman–Crippen LogP) is 5.73. The van der Waals surface area contributed by atoms with Crippen LogP contribution in [0.1, 0.15) is 15.4 Å². The molecule has 0 fully saturated rings. The molecule has 0 radical (unpaired) electrons. The van der Waals surface area contributed by atoms with E-state index in [1.165, 1.54) is 23.0 Å². The van der Waals surface area contributed by atoms with E-state index in [2.05, 4.69) is 43.3 Å². The zero-order valence-electron chi connectivity index (χ0n) is 12.0. The van der Waals surface area contributed by atoms with E-state index in [9.17, 15) is 4.79 Å². The van der Waals surface area contributed by atoms with Crippen LogP contribution < -0.4 is 0 Å². The van der Waals surface area contributed by atoms with Gasteiger partial charge in [-0.3, -0.25) is 0 Å². The van der Waals surface area contributed by atoms with Crippen LogP contribution in [-0.4, -0.2) is 13.1 Å². The highest BCUT2D eigenvalue weighted by atomic mass is 31.9. The van der Waals surface area contributed by atoms with Gasteiger partial charge in [-0.15, -0.1) is 0 Å². The van der Waals surface area contributed by atoms with Crippen LogP contribution >= 0.6 is 14.4 Å². The summed E-state index contributed by atoms with van der Waals surface area (Å²) < 4.78 is 4.99. The lowest BCUT2D eigenvalue weighted by atomic mass is 10.4. The number of rotatable bonds is 3. The van der Waals surface area contributed by atoms with Crippen molar-refractivity contribution in [2.45, 2.75) is 6.92 Å². The minimum Gasteiger partial charge on any atom is -0.465 e. The summed E-state index contributed by atoms with van der Waals surface area (Å²) in [4.78, 5) is 12.1. The van der Waals surface area contributed by atoms with Crippen LogP contribution in [0.3, 0.4) is 0 Å². The van der Waals surface area contributed by atoms with E-state index in [0.717, 1.165) is 5.30 Å². The number of ether oxygens (including phenoxy) is 1. The Morgan fingerprint density at radius 3 is 1.81 bits per heavy atom. The molecule has 2 aromatic carbocycles. The average Bonchev–Trinajstić information content (AvgIpc) is 2.54. The van der Waals surface area contributed by atoms with Crippen molar-refractivity contribution in [3.05, 3.63) is 71.3 Å². The summed E-state index contributed by atoms with van der Waals surface area (Å²) in [5, 5.41) is 4.70. The van der Waals surface area contributed by atoms with E-state index in [4.69, 9.17) is 4.74 Å². The lowest BCUT2D eigenvalue weighted by Gasteiger charge is -2.25. The summed E-state index contributed by atoms with van der Waals surface area (Å²) in [6, 6.07) is 20.8. The van der Waals surface area contributed by atoms with Crippen LogP contribution in [0.4, 0.5) is 0 Å². The van der Waals surface area contributed by atoms with Gasteiger partial charge in [0.2, 0.25) is 0 Å². The van der Waals surface area contributed by atoms with E-state index >= 15 is 0 Å². The van der Waals surface area contributed by atoms with Crippen LogP contribution in [-0.2, 0) is 4.74 Å². The second kappa shape index (κ2) is 5.93. The normalized spacial score (nSPS) is 12.3. The van der Waals surface area contributed by atoms with Gasteiger partial charge in [-0.25, -0.2) is 4.79 Å². The van der Waals surface area contributed by atoms with Gasteiger partial charge in [0.15, 0.2) is 0 Å². The number of hydrogen-bond donors (Lipinski definition) is 0. The molecule has 3 aromatic rings. The van der Waals surface area contributed by atoms with Crippen molar-refractivity contribution in [3.63, 3.8) is 0 Å². The highest BCUT2D eigenvalue weighted by Crippen LogP contribution is 2.72. The van der Waals surface area contributed by atoms with Crippen LogP contribution in [0, 0.1) is 6.92 Å². The molecule has 4 heteroatoms. The van der Waals surface area contributed by atoms with E-state index in [1.807, 2.05) is 24.3 Å². The van der Waals surface area contributed by atoms with Crippen LogP contribution in [0.5, 0.6) is 0 Å². The molecule has 0 aliphatic heterocycles. The first kappa shape index (κ1) is 14.2. The van der Waals surface area contributed by atoms with Gasteiger partial charge < -0.3 is 4.74 Å². The lowest BCUT2D eigenvalue weighted by Crippen LogP contribution is -2.04. The molecular formula is C17H16O2P2. The molecule has 0 saturated carbocycles. The minimum atomic E-state index is -0.611. The molecule has 0 spiro atoms. The maximum absolute atomic E-state index is 12.1. The maximum atomic E-state index is 12.1. The Kier molecular flexibility index (Phi) is 4.01. The Labute approximate surface area is 126 Å². The van der Waals surface area contributed by atoms with Gasteiger partial charge in [-0.1, -0.05) is 75.1 Å². The highest BCUT2D eigenvalue weighted by molar-refractivity contribution is 8.18. The van der Waals surface area contributed by atoms with Crippen LogP contribution in [0.2, 0.25) is 0 Å². The van der Waals surface area contributed by atoms with E-state index < -0.39 is 14.4 Å². The van der Waals surface area contributed by atoms with Crippen molar-refractivity contribution in [2.24, 2.45) is 0 Å². The monoisotopic (exact) mass is 314 g/mol. The second-order valence-corrected chi connectivity index (χ2v) is 10.5. The van der Waals surface area contributed by atoms with Gasteiger partial charge >= 0.3 is 5.97 Å². The molecule has 106 valence electrons.